The molecule has 6 nitrogen and oxygen atoms in total. The highest BCUT2D eigenvalue weighted by Gasteiger charge is 2.35. The molecule has 1 saturated heterocycles. The van der Waals surface area contributed by atoms with E-state index in [2.05, 4.69) is 15.5 Å². The molecule has 21 heavy (non-hydrogen) atoms. The molecule has 1 amide bonds. The summed E-state index contributed by atoms with van der Waals surface area (Å²) in [6.45, 7) is 0. The van der Waals surface area contributed by atoms with Gasteiger partial charge in [-0.3, -0.25) is 9.89 Å². The van der Waals surface area contributed by atoms with Crippen molar-refractivity contribution >= 4 is 21.6 Å². The number of aromatic nitrogens is 2. The quantitative estimate of drug-likeness (QED) is 0.892. The number of hydrogen-bond donors (Lipinski definition) is 2. The summed E-state index contributed by atoms with van der Waals surface area (Å²) in [5.41, 5.74) is 1.04. The Morgan fingerprint density at radius 2 is 1.90 bits per heavy atom. The van der Waals surface area contributed by atoms with E-state index in [9.17, 15) is 13.2 Å². The van der Waals surface area contributed by atoms with E-state index in [0.717, 1.165) is 25.0 Å². The smallest absolute Gasteiger partial charge is 0.243 e. The van der Waals surface area contributed by atoms with Crippen LogP contribution in [0.3, 0.4) is 0 Å². The summed E-state index contributed by atoms with van der Waals surface area (Å²) in [4.78, 5) is 12.2. The fraction of sp³-hybridized carbons (Fsp3) is 0.714. The van der Waals surface area contributed by atoms with Crippen LogP contribution in [-0.2, 0) is 14.6 Å². The van der Waals surface area contributed by atoms with Crippen LogP contribution in [0.15, 0.2) is 6.07 Å². The molecule has 116 valence electrons. The Balaban J connectivity index is 1.67. The topological polar surface area (TPSA) is 91.9 Å². The van der Waals surface area contributed by atoms with Crippen LogP contribution in [0.2, 0.25) is 0 Å². The minimum absolute atomic E-state index is 0.110. The third-order valence-corrected chi connectivity index (χ3v) is 6.69. The third-order valence-electron chi connectivity index (χ3n) is 4.52. The van der Waals surface area contributed by atoms with Crippen molar-refractivity contribution < 1.29 is 13.2 Å². The van der Waals surface area contributed by atoms with Gasteiger partial charge in [-0.05, 0) is 25.7 Å². The van der Waals surface area contributed by atoms with Crippen LogP contribution in [0.25, 0.3) is 0 Å². The fourth-order valence-electron chi connectivity index (χ4n) is 3.30. The maximum Gasteiger partial charge on any atom is 0.243 e. The van der Waals surface area contributed by atoms with Gasteiger partial charge in [0.25, 0.3) is 0 Å². The van der Waals surface area contributed by atoms with Crippen molar-refractivity contribution in [1.29, 1.82) is 0 Å². The van der Waals surface area contributed by atoms with Crippen LogP contribution in [0.4, 0.5) is 5.82 Å². The predicted molar refractivity (Wildman–Crippen MR) is 79.9 cm³/mol. The Labute approximate surface area is 124 Å². The van der Waals surface area contributed by atoms with Crippen molar-refractivity contribution in [1.82, 2.24) is 10.2 Å². The number of carbonyl (C=O) groups excluding carboxylic acids is 1. The van der Waals surface area contributed by atoms with Crippen LogP contribution in [-0.4, -0.2) is 35.5 Å². The van der Waals surface area contributed by atoms with E-state index in [1.165, 1.54) is 12.8 Å². The first-order chi connectivity index (χ1) is 10.1. The zero-order valence-corrected chi connectivity index (χ0v) is 12.8. The van der Waals surface area contributed by atoms with Gasteiger partial charge in [0.1, 0.15) is 5.25 Å². The number of rotatable bonds is 3. The maximum absolute atomic E-state index is 12.2. The molecule has 2 N–H and O–H groups in total. The highest BCUT2D eigenvalue weighted by atomic mass is 32.2. The molecule has 1 aromatic rings. The van der Waals surface area contributed by atoms with Crippen LogP contribution in [0.1, 0.15) is 56.6 Å². The second-order valence-corrected chi connectivity index (χ2v) is 8.33. The molecule has 2 fully saturated rings. The Morgan fingerprint density at radius 1 is 1.19 bits per heavy atom. The van der Waals surface area contributed by atoms with Crippen molar-refractivity contribution in [2.45, 2.75) is 56.1 Å². The number of nitrogens with zero attached hydrogens (tertiary/aromatic N) is 1. The molecule has 1 atom stereocenters. The Hall–Kier alpha value is -1.37. The number of sulfone groups is 1. The average molecular weight is 311 g/mol. The van der Waals surface area contributed by atoms with E-state index >= 15 is 0 Å². The molecule has 7 heteroatoms. The molecule has 1 aliphatic heterocycles. The summed E-state index contributed by atoms with van der Waals surface area (Å²) in [5.74, 6) is 0.585. The number of carbonyl (C=O) groups is 1. The molecule has 1 aromatic heterocycles. The molecule has 2 aliphatic rings. The minimum Gasteiger partial charge on any atom is -0.308 e. The first-order valence-corrected chi connectivity index (χ1v) is 9.35. The summed E-state index contributed by atoms with van der Waals surface area (Å²) >= 11 is 0. The van der Waals surface area contributed by atoms with Gasteiger partial charge in [0.2, 0.25) is 5.91 Å². The van der Waals surface area contributed by atoms with Gasteiger partial charge < -0.3 is 5.32 Å². The van der Waals surface area contributed by atoms with Gasteiger partial charge in [-0.1, -0.05) is 19.3 Å². The molecule has 1 saturated carbocycles. The lowest BCUT2D eigenvalue weighted by Gasteiger charge is -2.20. The first kappa shape index (κ1) is 14.6. The van der Waals surface area contributed by atoms with Gasteiger partial charge in [-0.2, -0.15) is 5.10 Å². The highest BCUT2D eigenvalue weighted by molar-refractivity contribution is 7.92. The van der Waals surface area contributed by atoms with Gasteiger partial charge in [0.05, 0.1) is 5.75 Å². The monoisotopic (exact) mass is 311 g/mol. The second-order valence-electron chi connectivity index (χ2n) is 6.03. The molecule has 0 spiro atoms. The Bertz CT molecular complexity index is 617. The molecule has 3 rings (SSSR count). The zero-order valence-electron chi connectivity index (χ0n) is 12.0. The van der Waals surface area contributed by atoms with Crippen LogP contribution < -0.4 is 5.32 Å². The van der Waals surface area contributed by atoms with E-state index in [1.807, 2.05) is 6.07 Å². The normalized spacial score (nSPS) is 25.8. The van der Waals surface area contributed by atoms with E-state index in [0.29, 0.717) is 24.6 Å². The number of anilines is 1. The number of nitrogens with one attached hydrogen (secondary N) is 2. The number of H-pyrrole nitrogens is 1. The van der Waals surface area contributed by atoms with E-state index in [1.54, 1.807) is 0 Å². The van der Waals surface area contributed by atoms with E-state index in [4.69, 9.17) is 0 Å². The SMILES string of the molecule is O=C(Nc1cc(C2CCCC2)[nH]n1)C1CCCCS1(=O)=O. The molecule has 0 aromatic carbocycles. The van der Waals surface area contributed by atoms with Gasteiger partial charge >= 0.3 is 0 Å². The largest absolute Gasteiger partial charge is 0.308 e. The van der Waals surface area contributed by atoms with Crippen molar-refractivity contribution in [3.05, 3.63) is 11.8 Å². The maximum atomic E-state index is 12.2. The van der Waals surface area contributed by atoms with Crippen molar-refractivity contribution in [2.75, 3.05) is 11.1 Å². The molecule has 0 radical (unpaired) electrons. The average Bonchev–Trinajstić information content (AvgIpc) is 3.08. The first-order valence-electron chi connectivity index (χ1n) is 7.64. The summed E-state index contributed by atoms with van der Waals surface area (Å²) < 4.78 is 23.9. The lowest BCUT2D eigenvalue weighted by atomic mass is 10.0. The molecule has 1 aliphatic carbocycles. The number of aromatic amines is 1. The summed E-state index contributed by atoms with van der Waals surface area (Å²) in [6, 6.07) is 1.84. The third kappa shape index (κ3) is 3.12. The van der Waals surface area contributed by atoms with Gasteiger partial charge in [-0.15, -0.1) is 0 Å². The molecule has 2 heterocycles. The van der Waals surface area contributed by atoms with Crippen LogP contribution in [0, 0.1) is 0 Å². The fourth-order valence-corrected chi connectivity index (χ4v) is 5.10. The van der Waals surface area contributed by atoms with E-state index < -0.39 is 21.0 Å². The minimum atomic E-state index is -3.30. The highest BCUT2D eigenvalue weighted by Crippen LogP contribution is 2.33. The molecular weight excluding hydrogens is 290 g/mol. The number of amides is 1. The predicted octanol–water partition coefficient (Wildman–Crippen LogP) is 1.97. The van der Waals surface area contributed by atoms with Gasteiger partial charge in [0.15, 0.2) is 15.7 Å². The van der Waals surface area contributed by atoms with E-state index in [-0.39, 0.29) is 5.75 Å². The summed E-state index contributed by atoms with van der Waals surface area (Å²) in [6.07, 6.45) is 6.59. The van der Waals surface area contributed by atoms with Gasteiger partial charge in [-0.25, -0.2) is 8.42 Å². The Morgan fingerprint density at radius 3 is 2.62 bits per heavy atom. The zero-order chi connectivity index (χ0) is 14.9. The standard InChI is InChI=1S/C14H21N3O3S/c18-14(12-7-3-4-8-21(12,19)20)15-13-9-11(16-17-13)10-5-1-2-6-10/h9-10,12H,1-8H2,(H2,15,16,17,18). The summed E-state index contributed by atoms with van der Waals surface area (Å²) in [7, 11) is -3.30. The second kappa shape index (κ2) is 5.79. The number of hydrogen-bond acceptors (Lipinski definition) is 4. The molecular formula is C14H21N3O3S. The van der Waals surface area contributed by atoms with Crippen molar-refractivity contribution in [2.24, 2.45) is 0 Å². The van der Waals surface area contributed by atoms with Crippen molar-refractivity contribution in [3.8, 4) is 0 Å². The lowest BCUT2D eigenvalue weighted by molar-refractivity contribution is -0.116. The van der Waals surface area contributed by atoms with Crippen LogP contribution >= 0.6 is 0 Å². The van der Waals surface area contributed by atoms with Crippen LogP contribution in [0.5, 0.6) is 0 Å². The molecule has 0 bridgehead atoms. The summed E-state index contributed by atoms with van der Waals surface area (Å²) in [5, 5.41) is 8.79. The molecule has 1 unspecified atom stereocenters. The Kier molecular flexibility index (Phi) is 4.01. The van der Waals surface area contributed by atoms with Gasteiger partial charge in [0, 0.05) is 17.7 Å². The van der Waals surface area contributed by atoms with Crippen molar-refractivity contribution in [3.63, 3.8) is 0 Å². The lowest BCUT2D eigenvalue weighted by Crippen LogP contribution is -2.39.